The standard InChI is InChI=1S/C11H15ClN2O4S/c1-6(8-3-4-9(12)19-8)13-11(17)14-7(5-18-2)10(15)16/h3-4,6-7H,5H2,1-2H3,(H,15,16)(H2,13,14,17). The van der Waals surface area contributed by atoms with Crippen molar-refractivity contribution in [3.05, 3.63) is 21.3 Å². The van der Waals surface area contributed by atoms with Crippen LogP contribution in [0.4, 0.5) is 4.79 Å². The number of urea groups is 1. The lowest BCUT2D eigenvalue weighted by Gasteiger charge is -2.17. The van der Waals surface area contributed by atoms with Crippen LogP contribution in [-0.2, 0) is 9.53 Å². The van der Waals surface area contributed by atoms with E-state index >= 15 is 0 Å². The van der Waals surface area contributed by atoms with Crippen molar-refractivity contribution in [1.29, 1.82) is 0 Å². The smallest absolute Gasteiger partial charge is 0.328 e. The van der Waals surface area contributed by atoms with Gasteiger partial charge in [0.25, 0.3) is 0 Å². The van der Waals surface area contributed by atoms with E-state index in [0.717, 1.165) is 4.88 Å². The number of amides is 2. The van der Waals surface area contributed by atoms with Crippen LogP contribution in [0.2, 0.25) is 4.34 Å². The van der Waals surface area contributed by atoms with Gasteiger partial charge in [-0.3, -0.25) is 0 Å². The maximum absolute atomic E-state index is 11.7. The summed E-state index contributed by atoms with van der Waals surface area (Å²) >= 11 is 7.16. The Morgan fingerprint density at radius 2 is 2.16 bits per heavy atom. The molecule has 0 radical (unpaired) electrons. The van der Waals surface area contributed by atoms with Crippen LogP contribution in [-0.4, -0.2) is 36.9 Å². The fourth-order valence-electron chi connectivity index (χ4n) is 1.37. The lowest BCUT2D eigenvalue weighted by atomic mass is 10.3. The number of hydrogen-bond acceptors (Lipinski definition) is 4. The van der Waals surface area contributed by atoms with Gasteiger partial charge in [-0.1, -0.05) is 11.6 Å². The quantitative estimate of drug-likeness (QED) is 0.748. The number of carboxylic acid groups (broad SMARTS) is 1. The van der Waals surface area contributed by atoms with Gasteiger partial charge in [0.1, 0.15) is 0 Å². The molecule has 0 saturated carbocycles. The summed E-state index contributed by atoms with van der Waals surface area (Å²) < 4.78 is 5.35. The molecule has 19 heavy (non-hydrogen) atoms. The number of carbonyl (C=O) groups is 2. The predicted octanol–water partition coefficient (Wildman–Crippen LogP) is 1.86. The first kappa shape index (κ1) is 15.7. The molecule has 1 aromatic rings. The predicted molar refractivity (Wildman–Crippen MR) is 72.7 cm³/mol. The summed E-state index contributed by atoms with van der Waals surface area (Å²) in [6.07, 6.45) is 0. The van der Waals surface area contributed by atoms with Crippen LogP contribution < -0.4 is 10.6 Å². The molecule has 0 aromatic carbocycles. The third kappa shape index (κ3) is 5.06. The molecule has 0 bridgehead atoms. The van der Waals surface area contributed by atoms with Crippen LogP contribution in [0.1, 0.15) is 17.8 Å². The first-order valence-corrected chi connectivity index (χ1v) is 6.67. The summed E-state index contributed by atoms with van der Waals surface area (Å²) in [5.74, 6) is -1.15. The maximum atomic E-state index is 11.7. The zero-order chi connectivity index (χ0) is 14.4. The molecule has 2 amide bonds. The molecule has 8 heteroatoms. The number of methoxy groups -OCH3 is 1. The van der Waals surface area contributed by atoms with Gasteiger partial charge in [-0.25, -0.2) is 9.59 Å². The Morgan fingerprint density at radius 3 is 2.63 bits per heavy atom. The Kier molecular flexibility index (Phi) is 6.07. The van der Waals surface area contributed by atoms with Gasteiger partial charge < -0.3 is 20.5 Å². The van der Waals surface area contributed by atoms with Gasteiger partial charge in [-0.2, -0.15) is 0 Å². The second-order valence-corrected chi connectivity index (χ2v) is 5.57. The molecular formula is C11H15ClN2O4S. The maximum Gasteiger partial charge on any atom is 0.328 e. The van der Waals surface area contributed by atoms with E-state index in [2.05, 4.69) is 10.6 Å². The van der Waals surface area contributed by atoms with E-state index in [1.165, 1.54) is 18.4 Å². The highest BCUT2D eigenvalue weighted by molar-refractivity contribution is 7.16. The Hall–Kier alpha value is -1.31. The average Bonchev–Trinajstić information content (AvgIpc) is 2.75. The van der Waals surface area contributed by atoms with Gasteiger partial charge in [-0.15, -0.1) is 11.3 Å². The van der Waals surface area contributed by atoms with E-state index in [4.69, 9.17) is 21.4 Å². The Bertz CT molecular complexity index is 452. The summed E-state index contributed by atoms with van der Waals surface area (Å²) in [5, 5.41) is 13.8. The van der Waals surface area contributed by atoms with E-state index < -0.39 is 18.0 Å². The van der Waals surface area contributed by atoms with Crippen molar-refractivity contribution in [3.8, 4) is 0 Å². The van der Waals surface area contributed by atoms with Gasteiger partial charge in [0.15, 0.2) is 6.04 Å². The molecule has 0 aliphatic carbocycles. The summed E-state index contributed by atoms with van der Waals surface area (Å²) in [4.78, 5) is 23.4. The highest BCUT2D eigenvalue weighted by atomic mass is 35.5. The summed E-state index contributed by atoms with van der Waals surface area (Å²) in [5.41, 5.74) is 0. The molecule has 1 heterocycles. The lowest BCUT2D eigenvalue weighted by Crippen LogP contribution is -2.48. The van der Waals surface area contributed by atoms with Crippen molar-refractivity contribution >= 4 is 34.9 Å². The molecule has 0 spiro atoms. The molecule has 2 atom stereocenters. The van der Waals surface area contributed by atoms with E-state index in [9.17, 15) is 9.59 Å². The number of nitrogens with one attached hydrogen (secondary N) is 2. The SMILES string of the molecule is COCC(NC(=O)NC(C)c1ccc(Cl)s1)C(=O)O. The van der Waals surface area contributed by atoms with Crippen LogP contribution in [0.25, 0.3) is 0 Å². The molecule has 6 nitrogen and oxygen atoms in total. The minimum atomic E-state index is -1.15. The molecular weight excluding hydrogens is 292 g/mol. The first-order valence-electron chi connectivity index (χ1n) is 5.48. The van der Waals surface area contributed by atoms with Crippen molar-refractivity contribution in [2.75, 3.05) is 13.7 Å². The van der Waals surface area contributed by atoms with Crippen molar-refractivity contribution in [1.82, 2.24) is 10.6 Å². The summed E-state index contributed by atoms with van der Waals surface area (Å²) in [6.45, 7) is 1.69. The number of rotatable bonds is 6. The Balaban J connectivity index is 2.52. The minimum absolute atomic E-state index is 0.0953. The van der Waals surface area contributed by atoms with Gasteiger partial charge in [0.2, 0.25) is 0 Å². The number of ether oxygens (including phenoxy) is 1. The van der Waals surface area contributed by atoms with Gasteiger partial charge in [0, 0.05) is 12.0 Å². The molecule has 1 aromatic heterocycles. The molecule has 1 rings (SSSR count). The van der Waals surface area contributed by atoms with Gasteiger partial charge >= 0.3 is 12.0 Å². The van der Waals surface area contributed by atoms with Gasteiger partial charge in [-0.05, 0) is 19.1 Å². The number of carboxylic acids is 1. The topological polar surface area (TPSA) is 87.7 Å². The van der Waals surface area contributed by atoms with E-state index in [1.54, 1.807) is 13.0 Å². The van der Waals surface area contributed by atoms with Crippen molar-refractivity contribution in [2.24, 2.45) is 0 Å². The number of thiophene rings is 1. The molecule has 3 N–H and O–H groups in total. The van der Waals surface area contributed by atoms with Crippen LogP contribution in [0.5, 0.6) is 0 Å². The first-order chi connectivity index (χ1) is 8.93. The van der Waals surface area contributed by atoms with Gasteiger partial charge in [0.05, 0.1) is 17.0 Å². The zero-order valence-electron chi connectivity index (χ0n) is 10.5. The molecule has 0 fully saturated rings. The van der Waals surface area contributed by atoms with Crippen LogP contribution in [0.15, 0.2) is 12.1 Å². The highest BCUT2D eigenvalue weighted by Gasteiger charge is 2.20. The van der Waals surface area contributed by atoms with Crippen molar-refractivity contribution in [3.63, 3.8) is 0 Å². The van der Waals surface area contributed by atoms with E-state index in [0.29, 0.717) is 4.34 Å². The third-order valence-electron chi connectivity index (χ3n) is 2.31. The average molecular weight is 307 g/mol. The monoisotopic (exact) mass is 306 g/mol. The minimum Gasteiger partial charge on any atom is -0.480 e. The fourth-order valence-corrected chi connectivity index (χ4v) is 2.43. The summed E-state index contributed by atoms with van der Waals surface area (Å²) in [7, 11) is 1.37. The largest absolute Gasteiger partial charge is 0.480 e. The second-order valence-electron chi connectivity index (χ2n) is 3.83. The zero-order valence-corrected chi connectivity index (χ0v) is 12.0. The molecule has 0 aliphatic heterocycles. The third-order valence-corrected chi connectivity index (χ3v) is 3.72. The van der Waals surface area contributed by atoms with Crippen LogP contribution in [0.3, 0.4) is 0 Å². The Labute approximate surface area is 119 Å². The number of hydrogen-bond donors (Lipinski definition) is 3. The summed E-state index contributed by atoms with van der Waals surface area (Å²) in [6, 6.07) is 1.64. The van der Waals surface area contributed by atoms with E-state index in [1.807, 2.05) is 6.07 Å². The van der Waals surface area contributed by atoms with E-state index in [-0.39, 0.29) is 12.6 Å². The number of carbonyl (C=O) groups excluding carboxylic acids is 1. The number of aliphatic carboxylic acids is 1. The Morgan fingerprint density at radius 1 is 1.47 bits per heavy atom. The molecule has 2 unspecified atom stereocenters. The van der Waals surface area contributed by atoms with Crippen LogP contribution >= 0.6 is 22.9 Å². The van der Waals surface area contributed by atoms with Crippen molar-refractivity contribution in [2.45, 2.75) is 19.0 Å². The van der Waals surface area contributed by atoms with Crippen molar-refractivity contribution < 1.29 is 19.4 Å². The molecule has 106 valence electrons. The lowest BCUT2D eigenvalue weighted by molar-refractivity contribution is -0.140. The number of halogens is 1. The second kappa shape index (κ2) is 7.32. The highest BCUT2D eigenvalue weighted by Crippen LogP contribution is 2.26. The fraction of sp³-hybridized carbons (Fsp3) is 0.455. The molecule has 0 saturated heterocycles. The molecule has 0 aliphatic rings. The van der Waals surface area contributed by atoms with Crippen LogP contribution in [0, 0.1) is 0 Å². The normalized spacial score (nSPS) is 13.6.